The van der Waals surface area contributed by atoms with E-state index >= 15 is 0 Å². The molecule has 1 atom stereocenters. The molecule has 0 saturated carbocycles. The van der Waals surface area contributed by atoms with Gasteiger partial charge in [-0.25, -0.2) is 0 Å². The summed E-state index contributed by atoms with van der Waals surface area (Å²) in [5.74, 6) is 0.937. The van der Waals surface area contributed by atoms with Crippen molar-refractivity contribution in [3.8, 4) is 0 Å². The van der Waals surface area contributed by atoms with Crippen LogP contribution >= 0.6 is 12.6 Å². The first-order valence-corrected chi connectivity index (χ1v) is 5.61. The summed E-state index contributed by atoms with van der Waals surface area (Å²) >= 11 is 4.16. The van der Waals surface area contributed by atoms with Gasteiger partial charge in [0.05, 0.1) is 0 Å². The van der Waals surface area contributed by atoms with Gasteiger partial charge in [0.2, 0.25) is 0 Å². The first-order chi connectivity index (χ1) is 5.93. The van der Waals surface area contributed by atoms with Crippen LogP contribution in [0, 0.1) is 0 Å². The summed E-state index contributed by atoms with van der Waals surface area (Å²) in [5, 5.41) is 6.95. The predicted octanol–water partition coefficient (Wildman–Crippen LogP) is 1.04. The van der Waals surface area contributed by atoms with Crippen molar-refractivity contribution in [2.75, 3.05) is 25.4 Å². The quantitative estimate of drug-likeness (QED) is 0.453. The minimum absolute atomic E-state index is 0.701. The van der Waals surface area contributed by atoms with E-state index in [1.165, 1.54) is 32.2 Å². The van der Waals surface area contributed by atoms with Crippen molar-refractivity contribution in [1.82, 2.24) is 10.6 Å². The zero-order chi connectivity index (χ0) is 8.65. The molecule has 0 aromatic rings. The highest BCUT2D eigenvalue weighted by Crippen LogP contribution is 2.07. The molecule has 2 nitrogen and oxygen atoms in total. The molecule has 1 aliphatic heterocycles. The molecule has 0 amide bonds. The molecule has 1 fully saturated rings. The zero-order valence-corrected chi connectivity index (χ0v) is 8.58. The van der Waals surface area contributed by atoms with Crippen LogP contribution < -0.4 is 10.6 Å². The number of thiol groups is 1. The third kappa shape index (κ3) is 4.33. The molecule has 1 saturated heterocycles. The molecule has 2 N–H and O–H groups in total. The van der Waals surface area contributed by atoms with Crippen LogP contribution in [0.2, 0.25) is 0 Å². The summed E-state index contributed by atoms with van der Waals surface area (Å²) < 4.78 is 0. The minimum atomic E-state index is 0.701. The highest BCUT2D eigenvalue weighted by molar-refractivity contribution is 7.80. The molecular weight excluding hydrogens is 168 g/mol. The monoisotopic (exact) mass is 188 g/mol. The Morgan fingerprint density at radius 3 is 3.08 bits per heavy atom. The molecule has 0 aromatic carbocycles. The average molecular weight is 188 g/mol. The van der Waals surface area contributed by atoms with E-state index in [1.807, 2.05) is 0 Å². The Balaban J connectivity index is 2.04. The van der Waals surface area contributed by atoms with Crippen molar-refractivity contribution in [2.45, 2.75) is 31.7 Å². The Hall–Kier alpha value is 0.270. The summed E-state index contributed by atoms with van der Waals surface area (Å²) in [6.07, 6.45) is 5.47. The molecule has 0 bridgehead atoms. The van der Waals surface area contributed by atoms with E-state index in [1.54, 1.807) is 0 Å². The fourth-order valence-electron chi connectivity index (χ4n) is 1.63. The molecule has 0 radical (unpaired) electrons. The molecule has 0 spiro atoms. The Morgan fingerprint density at radius 1 is 1.33 bits per heavy atom. The molecule has 1 heterocycles. The maximum atomic E-state index is 4.16. The van der Waals surface area contributed by atoms with Crippen LogP contribution in [0.3, 0.4) is 0 Å². The van der Waals surface area contributed by atoms with E-state index in [0.29, 0.717) is 6.04 Å². The minimum Gasteiger partial charge on any atom is -0.314 e. The summed E-state index contributed by atoms with van der Waals surface area (Å²) in [6.45, 7) is 3.34. The lowest BCUT2D eigenvalue weighted by Gasteiger charge is -2.15. The number of nitrogens with one attached hydrogen (secondary N) is 2. The van der Waals surface area contributed by atoms with Crippen molar-refractivity contribution < 1.29 is 0 Å². The second-order valence-electron chi connectivity index (χ2n) is 3.43. The summed E-state index contributed by atoms with van der Waals surface area (Å²) in [4.78, 5) is 0. The maximum absolute atomic E-state index is 4.16. The molecular formula is C9H20N2S. The van der Waals surface area contributed by atoms with Gasteiger partial charge in [-0.3, -0.25) is 0 Å². The Morgan fingerprint density at radius 2 is 2.25 bits per heavy atom. The van der Waals surface area contributed by atoms with Gasteiger partial charge in [-0.2, -0.15) is 12.6 Å². The van der Waals surface area contributed by atoms with Crippen molar-refractivity contribution in [3.63, 3.8) is 0 Å². The second-order valence-corrected chi connectivity index (χ2v) is 3.88. The van der Waals surface area contributed by atoms with E-state index in [2.05, 4.69) is 23.3 Å². The topological polar surface area (TPSA) is 24.1 Å². The Kier molecular flexibility index (Phi) is 5.82. The predicted molar refractivity (Wildman–Crippen MR) is 57.0 cm³/mol. The van der Waals surface area contributed by atoms with E-state index in [4.69, 9.17) is 0 Å². The second kappa shape index (κ2) is 6.75. The SMILES string of the molecule is SCCNCC1CCCCCN1. The van der Waals surface area contributed by atoms with Crippen LogP contribution in [0.5, 0.6) is 0 Å². The van der Waals surface area contributed by atoms with Crippen molar-refractivity contribution in [3.05, 3.63) is 0 Å². The zero-order valence-electron chi connectivity index (χ0n) is 7.68. The Bertz CT molecular complexity index is 101. The van der Waals surface area contributed by atoms with Crippen molar-refractivity contribution in [1.29, 1.82) is 0 Å². The Labute approximate surface area is 80.9 Å². The number of hydrogen-bond acceptors (Lipinski definition) is 3. The van der Waals surface area contributed by atoms with Gasteiger partial charge >= 0.3 is 0 Å². The normalized spacial score (nSPS) is 25.2. The molecule has 1 rings (SSSR count). The van der Waals surface area contributed by atoms with E-state index < -0.39 is 0 Å². The van der Waals surface area contributed by atoms with Gasteiger partial charge in [-0.15, -0.1) is 0 Å². The molecule has 12 heavy (non-hydrogen) atoms. The lowest BCUT2D eigenvalue weighted by Crippen LogP contribution is -2.38. The largest absolute Gasteiger partial charge is 0.314 e. The van der Waals surface area contributed by atoms with Crippen molar-refractivity contribution in [2.24, 2.45) is 0 Å². The average Bonchev–Trinajstić information content (AvgIpc) is 2.33. The first-order valence-electron chi connectivity index (χ1n) is 4.98. The fourth-order valence-corrected chi connectivity index (χ4v) is 1.79. The summed E-state index contributed by atoms with van der Waals surface area (Å²) in [6, 6.07) is 0.701. The molecule has 1 unspecified atom stereocenters. The number of hydrogen-bond donors (Lipinski definition) is 3. The van der Waals surface area contributed by atoms with E-state index in [0.717, 1.165) is 18.8 Å². The van der Waals surface area contributed by atoms with Gasteiger partial charge in [0.25, 0.3) is 0 Å². The van der Waals surface area contributed by atoms with Gasteiger partial charge in [-0.05, 0) is 19.4 Å². The third-order valence-corrected chi connectivity index (χ3v) is 2.57. The van der Waals surface area contributed by atoms with Crippen LogP contribution in [0.4, 0.5) is 0 Å². The molecule has 1 aliphatic rings. The molecule has 3 heteroatoms. The van der Waals surface area contributed by atoms with E-state index in [9.17, 15) is 0 Å². The maximum Gasteiger partial charge on any atom is 0.0192 e. The van der Waals surface area contributed by atoms with Crippen LogP contribution in [0.15, 0.2) is 0 Å². The highest BCUT2D eigenvalue weighted by atomic mass is 32.1. The van der Waals surface area contributed by atoms with Crippen LogP contribution in [0.1, 0.15) is 25.7 Å². The highest BCUT2D eigenvalue weighted by Gasteiger charge is 2.09. The van der Waals surface area contributed by atoms with E-state index in [-0.39, 0.29) is 0 Å². The lowest BCUT2D eigenvalue weighted by molar-refractivity contribution is 0.477. The first kappa shape index (κ1) is 10.4. The van der Waals surface area contributed by atoms with Crippen LogP contribution in [-0.2, 0) is 0 Å². The van der Waals surface area contributed by atoms with Crippen LogP contribution in [-0.4, -0.2) is 31.4 Å². The van der Waals surface area contributed by atoms with Gasteiger partial charge in [-0.1, -0.05) is 12.8 Å². The van der Waals surface area contributed by atoms with Crippen molar-refractivity contribution >= 4 is 12.6 Å². The van der Waals surface area contributed by atoms with Gasteiger partial charge in [0, 0.05) is 24.9 Å². The fraction of sp³-hybridized carbons (Fsp3) is 1.00. The smallest absolute Gasteiger partial charge is 0.0192 e. The van der Waals surface area contributed by atoms with Crippen LogP contribution in [0.25, 0.3) is 0 Å². The molecule has 0 aromatic heterocycles. The summed E-state index contributed by atoms with van der Waals surface area (Å²) in [7, 11) is 0. The molecule has 72 valence electrons. The van der Waals surface area contributed by atoms with Gasteiger partial charge < -0.3 is 10.6 Å². The van der Waals surface area contributed by atoms with Gasteiger partial charge in [0.1, 0.15) is 0 Å². The third-order valence-electron chi connectivity index (χ3n) is 2.34. The standard InChI is InChI=1S/C9H20N2S/c12-7-6-10-8-9-4-2-1-3-5-11-9/h9-12H,1-8H2. The lowest BCUT2D eigenvalue weighted by atomic mass is 10.1. The number of rotatable bonds is 4. The van der Waals surface area contributed by atoms with Gasteiger partial charge in [0.15, 0.2) is 0 Å². The molecule has 0 aliphatic carbocycles. The summed E-state index contributed by atoms with van der Waals surface area (Å²) in [5.41, 5.74) is 0.